The number of aromatic nitrogens is 2. The average molecular weight is 431 g/mol. The molecule has 1 amide bonds. The lowest BCUT2D eigenvalue weighted by Gasteiger charge is -2.12. The van der Waals surface area contributed by atoms with E-state index in [1.54, 1.807) is 43.3 Å². The van der Waals surface area contributed by atoms with Crippen LogP contribution in [0.4, 0.5) is 10.6 Å². The van der Waals surface area contributed by atoms with Crippen LogP contribution in [0.15, 0.2) is 76.4 Å². The number of hydrogen-bond acceptors (Lipinski definition) is 8. The van der Waals surface area contributed by atoms with Crippen molar-refractivity contribution >= 4 is 28.8 Å². The molecule has 0 bridgehead atoms. The summed E-state index contributed by atoms with van der Waals surface area (Å²) in [6.07, 6.45) is 3.40. The van der Waals surface area contributed by atoms with E-state index >= 15 is 0 Å². The van der Waals surface area contributed by atoms with E-state index in [-0.39, 0.29) is 40.4 Å². The molecule has 4 aromatic rings. The molecule has 4 rings (SSSR count). The number of nitrogens with one attached hydrogen (secondary N) is 1. The van der Waals surface area contributed by atoms with E-state index < -0.39 is 12.1 Å². The molecule has 0 aliphatic carbocycles. The standard InChI is InChI=1S/C23H17N3O6/c1-2-30-23(29)26-21-15(17-13-31-18-8-4-3-7-16(18)20(17)27)9-10-19(25-21)32-22(28)14-6-5-11-24-12-14/h3-13H,2H2,1H3,(H,25,26,29). The highest BCUT2D eigenvalue weighted by atomic mass is 16.6. The molecule has 0 unspecified atom stereocenters. The Hall–Kier alpha value is -4.53. The fourth-order valence-corrected chi connectivity index (χ4v) is 2.98. The molecule has 0 spiro atoms. The Balaban J connectivity index is 1.75. The van der Waals surface area contributed by atoms with Crippen LogP contribution in [0.1, 0.15) is 17.3 Å². The summed E-state index contributed by atoms with van der Waals surface area (Å²) in [4.78, 5) is 45.5. The van der Waals surface area contributed by atoms with Crippen LogP contribution >= 0.6 is 0 Å². The second-order valence-electron chi connectivity index (χ2n) is 6.50. The number of nitrogens with zero attached hydrogens (tertiary/aromatic N) is 2. The van der Waals surface area contributed by atoms with Crippen LogP contribution in [0.5, 0.6) is 5.88 Å². The Bertz CT molecular complexity index is 1350. The molecule has 32 heavy (non-hydrogen) atoms. The summed E-state index contributed by atoms with van der Waals surface area (Å²) in [5.41, 5.74) is 0.803. The highest BCUT2D eigenvalue weighted by Gasteiger charge is 2.18. The van der Waals surface area contributed by atoms with Crippen LogP contribution in [-0.4, -0.2) is 28.6 Å². The van der Waals surface area contributed by atoms with Gasteiger partial charge in [0, 0.05) is 24.0 Å². The summed E-state index contributed by atoms with van der Waals surface area (Å²) < 4.78 is 15.8. The Morgan fingerprint density at radius 2 is 1.91 bits per heavy atom. The van der Waals surface area contributed by atoms with Crippen LogP contribution in [0.25, 0.3) is 22.1 Å². The lowest BCUT2D eigenvalue weighted by molar-refractivity contribution is 0.0727. The molecule has 0 atom stereocenters. The third-order valence-electron chi connectivity index (χ3n) is 4.43. The van der Waals surface area contributed by atoms with Crippen LogP contribution in [0.2, 0.25) is 0 Å². The molecule has 3 aromatic heterocycles. The topological polar surface area (TPSA) is 121 Å². The number of fused-ring (bicyclic) bond motifs is 1. The van der Waals surface area contributed by atoms with E-state index in [0.717, 1.165) is 0 Å². The van der Waals surface area contributed by atoms with Crippen LogP contribution < -0.4 is 15.5 Å². The Kier molecular flexibility index (Phi) is 5.89. The molecule has 9 heteroatoms. The maximum atomic E-state index is 13.0. The van der Waals surface area contributed by atoms with E-state index in [2.05, 4.69) is 15.3 Å². The minimum absolute atomic E-state index is 0.0254. The number of amides is 1. The summed E-state index contributed by atoms with van der Waals surface area (Å²) in [7, 11) is 0. The van der Waals surface area contributed by atoms with E-state index in [4.69, 9.17) is 13.9 Å². The molecule has 0 fully saturated rings. The van der Waals surface area contributed by atoms with Crippen molar-refractivity contribution in [2.45, 2.75) is 6.92 Å². The number of benzene rings is 1. The summed E-state index contributed by atoms with van der Waals surface area (Å²) in [5.74, 6) is -0.784. The molecule has 160 valence electrons. The largest absolute Gasteiger partial charge is 0.463 e. The molecular weight excluding hydrogens is 414 g/mol. The molecule has 1 N–H and O–H groups in total. The van der Waals surface area contributed by atoms with Gasteiger partial charge in [0.05, 0.1) is 23.1 Å². The van der Waals surface area contributed by atoms with E-state index in [1.807, 2.05) is 0 Å². The van der Waals surface area contributed by atoms with Crippen LogP contribution in [0.3, 0.4) is 0 Å². The number of hydrogen-bond donors (Lipinski definition) is 1. The third-order valence-corrected chi connectivity index (χ3v) is 4.43. The minimum Gasteiger partial charge on any atom is -0.463 e. The second kappa shape index (κ2) is 9.09. The monoisotopic (exact) mass is 431 g/mol. The smallest absolute Gasteiger partial charge is 0.412 e. The normalized spacial score (nSPS) is 10.5. The van der Waals surface area contributed by atoms with Gasteiger partial charge in [-0.25, -0.2) is 9.59 Å². The van der Waals surface area contributed by atoms with E-state index in [1.165, 1.54) is 30.8 Å². The molecule has 0 radical (unpaired) electrons. The first-order valence-electron chi connectivity index (χ1n) is 9.64. The summed E-state index contributed by atoms with van der Waals surface area (Å²) in [5, 5.41) is 2.86. The van der Waals surface area contributed by atoms with Gasteiger partial charge >= 0.3 is 12.1 Å². The van der Waals surface area contributed by atoms with Crippen molar-refractivity contribution in [2.24, 2.45) is 0 Å². The SMILES string of the molecule is CCOC(=O)Nc1nc(OC(=O)c2cccnc2)ccc1-c1coc2ccccc2c1=O. The van der Waals surface area contributed by atoms with Crippen LogP contribution in [0, 0.1) is 0 Å². The van der Waals surface area contributed by atoms with Crippen molar-refractivity contribution in [3.05, 3.63) is 83.0 Å². The summed E-state index contributed by atoms with van der Waals surface area (Å²) >= 11 is 0. The molecule has 0 saturated carbocycles. The number of rotatable bonds is 5. The van der Waals surface area contributed by atoms with Gasteiger partial charge in [0.2, 0.25) is 11.3 Å². The van der Waals surface area contributed by atoms with Gasteiger partial charge < -0.3 is 13.9 Å². The van der Waals surface area contributed by atoms with Crippen molar-refractivity contribution in [1.29, 1.82) is 0 Å². The quantitative estimate of drug-likeness (QED) is 0.470. The zero-order valence-electron chi connectivity index (χ0n) is 16.9. The molecular formula is C23H17N3O6. The lowest BCUT2D eigenvalue weighted by atomic mass is 10.1. The average Bonchev–Trinajstić information content (AvgIpc) is 2.81. The minimum atomic E-state index is -0.776. The number of carbonyl (C=O) groups excluding carboxylic acids is 2. The van der Waals surface area contributed by atoms with Gasteiger partial charge in [-0.1, -0.05) is 12.1 Å². The molecule has 3 heterocycles. The molecule has 0 aliphatic heterocycles. The number of esters is 1. The maximum Gasteiger partial charge on any atom is 0.412 e. The number of ether oxygens (including phenoxy) is 2. The van der Waals surface area contributed by atoms with Crippen molar-refractivity contribution in [1.82, 2.24) is 9.97 Å². The van der Waals surface area contributed by atoms with Crippen molar-refractivity contribution in [3.63, 3.8) is 0 Å². The predicted molar refractivity (Wildman–Crippen MR) is 116 cm³/mol. The van der Waals surface area contributed by atoms with Gasteiger partial charge in [-0.2, -0.15) is 4.98 Å². The highest BCUT2D eigenvalue weighted by Crippen LogP contribution is 2.28. The lowest BCUT2D eigenvalue weighted by Crippen LogP contribution is -2.17. The maximum absolute atomic E-state index is 13.0. The fraction of sp³-hybridized carbons (Fsp3) is 0.0870. The Morgan fingerprint density at radius 3 is 2.69 bits per heavy atom. The van der Waals surface area contributed by atoms with Crippen LogP contribution in [-0.2, 0) is 4.74 Å². The molecule has 0 saturated heterocycles. The molecule has 0 aliphatic rings. The number of anilines is 1. The zero-order valence-corrected chi connectivity index (χ0v) is 16.9. The highest BCUT2D eigenvalue weighted by molar-refractivity contribution is 5.93. The van der Waals surface area contributed by atoms with E-state index in [9.17, 15) is 14.4 Å². The van der Waals surface area contributed by atoms with Crippen molar-refractivity contribution in [2.75, 3.05) is 11.9 Å². The van der Waals surface area contributed by atoms with Gasteiger partial charge in [-0.15, -0.1) is 0 Å². The van der Waals surface area contributed by atoms with Gasteiger partial charge in [-0.3, -0.25) is 15.1 Å². The zero-order chi connectivity index (χ0) is 22.5. The Labute approximate surface area is 181 Å². The van der Waals surface area contributed by atoms with Gasteiger partial charge in [0.15, 0.2) is 0 Å². The summed E-state index contributed by atoms with van der Waals surface area (Å²) in [6.45, 7) is 1.78. The van der Waals surface area contributed by atoms with Gasteiger partial charge in [0.25, 0.3) is 0 Å². The fourth-order valence-electron chi connectivity index (χ4n) is 2.98. The molecule has 9 nitrogen and oxygen atoms in total. The van der Waals surface area contributed by atoms with E-state index in [0.29, 0.717) is 11.0 Å². The predicted octanol–water partition coefficient (Wildman–Crippen LogP) is 4.04. The number of pyridine rings is 2. The first kappa shape index (κ1) is 20.7. The first-order valence-corrected chi connectivity index (χ1v) is 9.64. The first-order chi connectivity index (χ1) is 15.6. The van der Waals surface area contributed by atoms with Gasteiger partial charge in [-0.05, 0) is 37.3 Å². The van der Waals surface area contributed by atoms with Crippen molar-refractivity contribution < 1.29 is 23.5 Å². The second-order valence-corrected chi connectivity index (χ2v) is 6.50. The van der Waals surface area contributed by atoms with Crippen molar-refractivity contribution in [3.8, 4) is 17.0 Å². The number of para-hydroxylation sites is 1. The van der Waals surface area contributed by atoms with Gasteiger partial charge in [0.1, 0.15) is 17.7 Å². The molecule has 1 aromatic carbocycles. The Morgan fingerprint density at radius 1 is 1.06 bits per heavy atom. The number of carbonyl (C=O) groups is 2. The third kappa shape index (κ3) is 4.31. The summed E-state index contributed by atoms with van der Waals surface area (Å²) in [6, 6.07) is 12.8.